The fraction of sp³-hybridized carbons (Fsp3) is 0.407. The monoisotopic (exact) mass is 551 g/mol. The normalized spacial score (nSPS) is 19.1. The van der Waals surface area contributed by atoms with Crippen molar-refractivity contribution in [2.45, 2.75) is 50.9 Å². The number of hydrogen-bond acceptors (Lipinski definition) is 4. The molecule has 11 heteroatoms. The summed E-state index contributed by atoms with van der Waals surface area (Å²) in [7, 11) is 0. The van der Waals surface area contributed by atoms with E-state index in [0.29, 0.717) is 16.1 Å². The van der Waals surface area contributed by atoms with E-state index in [4.69, 9.17) is 17.3 Å². The molecule has 202 valence electrons. The fourth-order valence-corrected chi connectivity index (χ4v) is 4.94. The molecule has 0 saturated heterocycles. The molecule has 1 saturated carbocycles. The van der Waals surface area contributed by atoms with Gasteiger partial charge in [-0.25, -0.2) is 4.39 Å². The van der Waals surface area contributed by atoms with Crippen LogP contribution in [0.3, 0.4) is 0 Å². The maximum absolute atomic E-state index is 14.8. The number of nitrogens with two attached hydrogens (primary N) is 1. The molecule has 1 fully saturated rings. The van der Waals surface area contributed by atoms with Crippen molar-refractivity contribution in [1.29, 1.82) is 0 Å². The Labute approximate surface area is 221 Å². The lowest BCUT2D eigenvalue weighted by Gasteiger charge is -2.26. The summed E-state index contributed by atoms with van der Waals surface area (Å²) in [6, 6.07) is 10.7. The smallest absolute Gasteiger partial charge is 0.369 e. The SMILES string of the molecule is NC(=O)[C@@H](CC1CC1)[C@@H](CCC(F)(F)F)C(=O)N[C@H]1N=C(c2cccc(Cl)c2)c2cccc(F)c2CC1=O. The van der Waals surface area contributed by atoms with Crippen molar-refractivity contribution in [3.63, 3.8) is 0 Å². The maximum atomic E-state index is 14.8. The predicted octanol–water partition coefficient (Wildman–Crippen LogP) is 4.74. The number of carbonyl (C=O) groups excluding carboxylic acids is 3. The van der Waals surface area contributed by atoms with Gasteiger partial charge in [-0.3, -0.25) is 19.4 Å². The molecule has 0 bridgehead atoms. The molecular formula is C27H26ClF4N3O3. The van der Waals surface area contributed by atoms with Gasteiger partial charge in [0.25, 0.3) is 0 Å². The molecule has 0 aromatic heterocycles. The van der Waals surface area contributed by atoms with Gasteiger partial charge in [0.1, 0.15) is 5.82 Å². The third-order valence-electron chi connectivity index (χ3n) is 6.88. The Morgan fingerprint density at radius 3 is 2.47 bits per heavy atom. The Balaban J connectivity index is 1.69. The second-order valence-corrected chi connectivity index (χ2v) is 10.2. The van der Waals surface area contributed by atoms with Gasteiger partial charge in [0.2, 0.25) is 11.8 Å². The van der Waals surface area contributed by atoms with Gasteiger partial charge >= 0.3 is 6.18 Å². The average Bonchev–Trinajstić information content (AvgIpc) is 3.66. The zero-order chi connectivity index (χ0) is 27.6. The number of aliphatic imine (C=N–C) groups is 1. The number of ketones is 1. The molecule has 2 aliphatic rings. The van der Waals surface area contributed by atoms with E-state index in [0.717, 1.165) is 12.8 Å². The van der Waals surface area contributed by atoms with E-state index >= 15 is 0 Å². The van der Waals surface area contributed by atoms with E-state index in [9.17, 15) is 31.9 Å². The molecule has 1 aliphatic heterocycles. The largest absolute Gasteiger partial charge is 0.389 e. The summed E-state index contributed by atoms with van der Waals surface area (Å²) in [5.74, 6) is -5.53. The molecule has 4 rings (SSSR count). The maximum Gasteiger partial charge on any atom is 0.389 e. The number of carbonyl (C=O) groups is 3. The Bertz CT molecular complexity index is 1280. The van der Waals surface area contributed by atoms with Crippen LogP contribution in [0.15, 0.2) is 47.5 Å². The van der Waals surface area contributed by atoms with Crippen LogP contribution in [0.2, 0.25) is 5.02 Å². The van der Waals surface area contributed by atoms with Crippen molar-refractivity contribution in [2.75, 3.05) is 0 Å². The molecule has 2 amide bonds. The number of rotatable bonds is 9. The first-order chi connectivity index (χ1) is 17.9. The molecule has 0 spiro atoms. The number of amides is 2. The molecule has 38 heavy (non-hydrogen) atoms. The van der Waals surface area contributed by atoms with Crippen LogP contribution in [0, 0.1) is 23.6 Å². The third kappa shape index (κ3) is 6.78. The first-order valence-electron chi connectivity index (χ1n) is 12.2. The quantitative estimate of drug-likeness (QED) is 0.440. The fourth-order valence-electron chi connectivity index (χ4n) is 4.75. The van der Waals surface area contributed by atoms with E-state index < -0.39 is 66.9 Å². The third-order valence-corrected chi connectivity index (χ3v) is 7.11. The van der Waals surface area contributed by atoms with Gasteiger partial charge in [-0.2, -0.15) is 13.2 Å². The van der Waals surface area contributed by atoms with Crippen LogP contribution >= 0.6 is 11.6 Å². The standard InChI is InChI=1S/C27H26ClF4N3O3/c28-16-4-1-3-15(12-16)23-17-5-2-6-21(29)19(17)13-22(36)25(34-23)35-26(38)18(9-10-27(30,31)32)20(24(33)37)11-14-7-8-14/h1-6,12,14,18,20,25H,7-11,13H2,(H2,33,37)(H,35,38)/t18-,20+,25-/m1/s1. The van der Waals surface area contributed by atoms with Gasteiger partial charge in [0.15, 0.2) is 11.9 Å². The molecule has 1 heterocycles. The van der Waals surface area contributed by atoms with E-state index in [1.165, 1.54) is 12.1 Å². The molecule has 3 atom stereocenters. The zero-order valence-corrected chi connectivity index (χ0v) is 21.0. The van der Waals surface area contributed by atoms with Gasteiger partial charge in [-0.05, 0) is 37.0 Å². The predicted molar refractivity (Wildman–Crippen MR) is 133 cm³/mol. The van der Waals surface area contributed by atoms with Crippen molar-refractivity contribution in [2.24, 2.45) is 28.5 Å². The molecule has 1 aliphatic carbocycles. The van der Waals surface area contributed by atoms with Crippen LogP contribution in [-0.2, 0) is 20.8 Å². The number of nitrogens with one attached hydrogen (secondary N) is 1. The van der Waals surface area contributed by atoms with Crippen LogP contribution in [0.1, 0.15) is 48.8 Å². The Morgan fingerprint density at radius 2 is 1.84 bits per heavy atom. The first kappa shape index (κ1) is 27.8. The zero-order valence-electron chi connectivity index (χ0n) is 20.2. The summed E-state index contributed by atoms with van der Waals surface area (Å²) in [4.78, 5) is 43.2. The second-order valence-electron chi connectivity index (χ2n) is 9.76. The minimum atomic E-state index is -4.56. The summed E-state index contributed by atoms with van der Waals surface area (Å²) in [6.45, 7) is 0. The lowest BCUT2D eigenvalue weighted by Crippen LogP contribution is -2.47. The van der Waals surface area contributed by atoms with E-state index in [1.807, 2.05) is 0 Å². The second kappa shape index (κ2) is 11.2. The van der Waals surface area contributed by atoms with Crippen molar-refractivity contribution >= 4 is 34.9 Å². The highest BCUT2D eigenvalue weighted by atomic mass is 35.5. The van der Waals surface area contributed by atoms with Crippen LogP contribution < -0.4 is 11.1 Å². The van der Waals surface area contributed by atoms with E-state index in [2.05, 4.69) is 10.3 Å². The van der Waals surface area contributed by atoms with Gasteiger partial charge in [0.05, 0.1) is 5.71 Å². The molecule has 6 nitrogen and oxygen atoms in total. The molecule has 0 radical (unpaired) electrons. The molecular weight excluding hydrogens is 526 g/mol. The number of nitrogens with zero attached hydrogens (tertiary/aromatic N) is 1. The lowest BCUT2D eigenvalue weighted by molar-refractivity contribution is -0.146. The van der Waals surface area contributed by atoms with E-state index in [-0.39, 0.29) is 23.6 Å². The highest BCUT2D eigenvalue weighted by Crippen LogP contribution is 2.39. The number of alkyl halides is 3. The van der Waals surface area contributed by atoms with Crippen LogP contribution in [0.4, 0.5) is 17.6 Å². The van der Waals surface area contributed by atoms with Gasteiger partial charge in [0, 0.05) is 46.4 Å². The van der Waals surface area contributed by atoms with Crippen molar-refractivity contribution in [3.8, 4) is 0 Å². The molecule has 2 aromatic carbocycles. The summed E-state index contributed by atoms with van der Waals surface area (Å²) in [5.41, 5.74) is 6.56. The van der Waals surface area contributed by atoms with E-state index in [1.54, 1.807) is 30.3 Å². The molecule has 0 unspecified atom stereocenters. The summed E-state index contributed by atoms with van der Waals surface area (Å²) >= 11 is 6.14. The topological polar surface area (TPSA) is 102 Å². The molecule has 3 N–H and O–H groups in total. The van der Waals surface area contributed by atoms with Crippen molar-refractivity contribution in [3.05, 3.63) is 70.0 Å². The Kier molecular flexibility index (Phi) is 8.20. The number of primary amides is 1. The number of fused-ring (bicyclic) bond motifs is 1. The number of halogens is 5. The number of benzene rings is 2. The highest BCUT2D eigenvalue weighted by Gasteiger charge is 2.41. The summed E-state index contributed by atoms with van der Waals surface area (Å²) in [6.07, 6.45) is -6.67. The minimum absolute atomic E-state index is 0.0744. The van der Waals surface area contributed by atoms with Crippen molar-refractivity contribution in [1.82, 2.24) is 5.32 Å². The minimum Gasteiger partial charge on any atom is -0.369 e. The van der Waals surface area contributed by atoms with Gasteiger partial charge in [-0.1, -0.05) is 48.7 Å². The van der Waals surface area contributed by atoms with Crippen LogP contribution in [0.5, 0.6) is 0 Å². The van der Waals surface area contributed by atoms with Gasteiger partial charge in [-0.15, -0.1) is 0 Å². The summed E-state index contributed by atoms with van der Waals surface area (Å²) < 4.78 is 54.0. The number of Topliss-reactive ketones (excluding diaryl/α,β-unsaturated/α-hetero) is 1. The van der Waals surface area contributed by atoms with Gasteiger partial charge < -0.3 is 11.1 Å². The first-order valence-corrected chi connectivity index (χ1v) is 12.6. The highest BCUT2D eigenvalue weighted by molar-refractivity contribution is 6.31. The Hall–Kier alpha value is -3.27. The molecule has 2 aromatic rings. The van der Waals surface area contributed by atoms with Crippen LogP contribution in [-0.4, -0.2) is 35.7 Å². The van der Waals surface area contributed by atoms with Crippen LogP contribution in [0.25, 0.3) is 0 Å². The van der Waals surface area contributed by atoms with Crippen molar-refractivity contribution < 1.29 is 31.9 Å². The number of hydrogen-bond donors (Lipinski definition) is 2. The average molecular weight is 552 g/mol. The summed E-state index contributed by atoms with van der Waals surface area (Å²) in [5, 5.41) is 2.79. The Morgan fingerprint density at radius 1 is 1.13 bits per heavy atom. The lowest BCUT2D eigenvalue weighted by atomic mass is 9.83.